The van der Waals surface area contributed by atoms with Crippen molar-refractivity contribution in [2.24, 2.45) is 0 Å². The number of hydrogen-bond acceptors (Lipinski definition) is 5. The minimum absolute atomic E-state index is 0.112. The van der Waals surface area contributed by atoms with Crippen LogP contribution in [0.2, 0.25) is 0 Å². The number of aliphatic hydroxyl groups excluding tert-OH is 1. The zero-order valence-corrected chi connectivity index (χ0v) is 9.44. The largest absolute Gasteiger partial charge is 0.388 e. The van der Waals surface area contributed by atoms with Gasteiger partial charge in [0, 0.05) is 11.4 Å². The average Bonchev–Trinajstić information content (AvgIpc) is 2.97. The number of rotatable bonds is 2. The van der Waals surface area contributed by atoms with Crippen LogP contribution in [0.3, 0.4) is 0 Å². The molecule has 84 valence electrons. The van der Waals surface area contributed by atoms with Gasteiger partial charge in [-0.2, -0.15) is 10.1 Å². The Kier molecular flexibility index (Phi) is 2.37. The SMILES string of the molecule is OCc1nc2n(n1)C(c1cccs1)CCN2. The Morgan fingerprint density at radius 3 is 3.31 bits per heavy atom. The Morgan fingerprint density at radius 2 is 2.56 bits per heavy atom. The number of hydrogen-bond donors (Lipinski definition) is 2. The van der Waals surface area contributed by atoms with E-state index in [4.69, 9.17) is 5.11 Å². The van der Waals surface area contributed by atoms with E-state index in [0.717, 1.165) is 18.9 Å². The second kappa shape index (κ2) is 3.88. The molecule has 0 bridgehead atoms. The third-order valence-electron chi connectivity index (χ3n) is 2.68. The summed E-state index contributed by atoms with van der Waals surface area (Å²) in [6.45, 7) is 0.783. The monoisotopic (exact) mass is 236 g/mol. The summed E-state index contributed by atoms with van der Waals surface area (Å²) in [5, 5.41) is 18.6. The van der Waals surface area contributed by atoms with Crippen molar-refractivity contribution >= 4 is 17.3 Å². The minimum Gasteiger partial charge on any atom is -0.388 e. The molecule has 0 saturated carbocycles. The van der Waals surface area contributed by atoms with Crippen molar-refractivity contribution in [2.75, 3.05) is 11.9 Å². The van der Waals surface area contributed by atoms with Crippen molar-refractivity contribution < 1.29 is 5.11 Å². The van der Waals surface area contributed by atoms with Crippen LogP contribution in [0.5, 0.6) is 0 Å². The molecular weight excluding hydrogens is 224 g/mol. The smallest absolute Gasteiger partial charge is 0.222 e. The van der Waals surface area contributed by atoms with Gasteiger partial charge in [0.25, 0.3) is 0 Å². The molecule has 0 spiro atoms. The van der Waals surface area contributed by atoms with Gasteiger partial charge in [-0.1, -0.05) is 6.07 Å². The van der Waals surface area contributed by atoms with Crippen LogP contribution in [0.1, 0.15) is 23.2 Å². The van der Waals surface area contributed by atoms with Crippen molar-refractivity contribution in [3.63, 3.8) is 0 Å². The molecule has 0 aromatic carbocycles. The molecule has 2 aromatic rings. The molecule has 0 saturated heterocycles. The van der Waals surface area contributed by atoms with Gasteiger partial charge in [0.1, 0.15) is 6.61 Å². The number of anilines is 1. The molecule has 16 heavy (non-hydrogen) atoms. The molecule has 2 N–H and O–H groups in total. The molecule has 0 fully saturated rings. The summed E-state index contributed by atoms with van der Waals surface area (Å²) in [5.74, 6) is 1.24. The zero-order chi connectivity index (χ0) is 11.0. The molecule has 2 aromatic heterocycles. The van der Waals surface area contributed by atoms with Gasteiger partial charge in [-0.15, -0.1) is 11.3 Å². The predicted octanol–water partition coefficient (Wildman–Crippen LogP) is 1.24. The van der Waals surface area contributed by atoms with Crippen LogP contribution >= 0.6 is 11.3 Å². The molecule has 0 aliphatic carbocycles. The van der Waals surface area contributed by atoms with Crippen molar-refractivity contribution in [1.82, 2.24) is 14.8 Å². The number of thiophene rings is 1. The Labute approximate surface area is 96.8 Å². The molecule has 3 rings (SSSR count). The van der Waals surface area contributed by atoms with E-state index in [0.29, 0.717) is 5.82 Å². The minimum atomic E-state index is -0.112. The van der Waals surface area contributed by atoms with E-state index in [1.807, 2.05) is 10.7 Å². The van der Waals surface area contributed by atoms with Crippen molar-refractivity contribution in [3.8, 4) is 0 Å². The number of nitrogens with one attached hydrogen (secondary N) is 1. The highest BCUT2D eigenvalue weighted by molar-refractivity contribution is 7.10. The predicted molar refractivity (Wildman–Crippen MR) is 61.5 cm³/mol. The third-order valence-corrected chi connectivity index (χ3v) is 3.66. The van der Waals surface area contributed by atoms with Gasteiger partial charge in [0.05, 0.1) is 6.04 Å². The van der Waals surface area contributed by atoms with Gasteiger partial charge in [0.15, 0.2) is 5.82 Å². The van der Waals surface area contributed by atoms with Crippen LogP contribution in [-0.4, -0.2) is 26.4 Å². The van der Waals surface area contributed by atoms with Crippen molar-refractivity contribution in [1.29, 1.82) is 0 Å². The van der Waals surface area contributed by atoms with Gasteiger partial charge < -0.3 is 10.4 Å². The fourth-order valence-electron chi connectivity index (χ4n) is 1.96. The fraction of sp³-hybridized carbons (Fsp3) is 0.400. The van der Waals surface area contributed by atoms with E-state index in [2.05, 4.69) is 26.8 Å². The van der Waals surface area contributed by atoms with E-state index in [9.17, 15) is 0 Å². The second-order valence-corrected chi connectivity index (χ2v) is 4.68. The van der Waals surface area contributed by atoms with Crippen LogP contribution in [-0.2, 0) is 6.61 Å². The first-order chi connectivity index (χ1) is 7.88. The summed E-state index contributed by atoms with van der Waals surface area (Å²) in [4.78, 5) is 5.51. The van der Waals surface area contributed by atoms with E-state index in [-0.39, 0.29) is 12.6 Å². The van der Waals surface area contributed by atoms with Crippen molar-refractivity contribution in [3.05, 3.63) is 28.2 Å². The highest BCUT2D eigenvalue weighted by atomic mass is 32.1. The lowest BCUT2D eigenvalue weighted by Gasteiger charge is -2.23. The molecule has 0 amide bonds. The maximum atomic E-state index is 9.04. The molecule has 1 unspecified atom stereocenters. The molecule has 1 atom stereocenters. The van der Waals surface area contributed by atoms with Crippen LogP contribution < -0.4 is 5.32 Å². The summed E-state index contributed by atoms with van der Waals surface area (Å²) in [6, 6.07) is 4.42. The van der Waals surface area contributed by atoms with Crippen molar-refractivity contribution in [2.45, 2.75) is 19.1 Å². The maximum absolute atomic E-state index is 9.04. The summed E-state index contributed by atoms with van der Waals surface area (Å²) in [6.07, 6.45) is 1.00. The first-order valence-corrected chi connectivity index (χ1v) is 6.10. The lowest BCUT2D eigenvalue weighted by atomic mass is 10.1. The van der Waals surface area contributed by atoms with Gasteiger partial charge in [0.2, 0.25) is 5.95 Å². The number of fused-ring (bicyclic) bond motifs is 1. The molecule has 0 radical (unpaired) electrons. The Morgan fingerprint density at radius 1 is 1.62 bits per heavy atom. The summed E-state index contributed by atoms with van der Waals surface area (Å²) >= 11 is 1.73. The van der Waals surface area contributed by atoms with Crippen LogP contribution in [0.15, 0.2) is 17.5 Å². The molecular formula is C10H12N4OS. The average molecular weight is 236 g/mol. The molecule has 3 heterocycles. The normalized spacial score (nSPS) is 19.2. The Bertz CT molecular complexity index is 479. The molecule has 1 aliphatic heterocycles. The fourth-order valence-corrected chi connectivity index (χ4v) is 2.81. The maximum Gasteiger partial charge on any atom is 0.222 e. The Balaban J connectivity index is 2.02. The van der Waals surface area contributed by atoms with E-state index < -0.39 is 0 Å². The van der Waals surface area contributed by atoms with Gasteiger partial charge >= 0.3 is 0 Å². The summed E-state index contributed by atoms with van der Waals surface area (Å²) < 4.78 is 1.88. The number of aliphatic hydroxyl groups is 1. The quantitative estimate of drug-likeness (QED) is 0.823. The molecule has 6 heteroatoms. The standard InChI is InChI=1S/C10H12N4OS/c15-6-9-12-10-11-4-3-7(14(10)13-9)8-2-1-5-16-8/h1-2,5,7,15H,3-4,6H2,(H,11,12,13). The molecule has 5 nitrogen and oxygen atoms in total. The highest BCUT2D eigenvalue weighted by Crippen LogP contribution is 2.30. The lowest BCUT2D eigenvalue weighted by molar-refractivity contribution is 0.270. The van der Waals surface area contributed by atoms with E-state index >= 15 is 0 Å². The van der Waals surface area contributed by atoms with Gasteiger partial charge in [-0.25, -0.2) is 4.68 Å². The first kappa shape index (κ1) is 9.80. The Hall–Kier alpha value is -1.40. The van der Waals surface area contributed by atoms with E-state index in [1.54, 1.807) is 11.3 Å². The molecule has 1 aliphatic rings. The number of aromatic nitrogens is 3. The highest BCUT2D eigenvalue weighted by Gasteiger charge is 2.24. The first-order valence-electron chi connectivity index (χ1n) is 5.22. The van der Waals surface area contributed by atoms with Crippen LogP contribution in [0.25, 0.3) is 0 Å². The summed E-state index contributed by atoms with van der Waals surface area (Å²) in [5.41, 5.74) is 0. The van der Waals surface area contributed by atoms with E-state index in [1.165, 1.54) is 4.88 Å². The van der Waals surface area contributed by atoms with Gasteiger partial charge in [-0.3, -0.25) is 0 Å². The second-order valence-electron chi connectivity index (χ2n) is 3.70. The van der Waals surface area contributed by atoms with Gasteiger partial charge in [-0.05, 0) is 17.9 Å². The number of nitrogens with zero attached hydrogens (tertiary/aromatic N) is 3. The summed E-state index contributed by atoms with van der Waals surface area (Å²) in [7, 11) is 0. The third kappa shape index (κ3) is 1.50. The van der Waals surface area contributed by atoms with Crippen LogP contribution in [0.4, 0.5) is 5.95 Å². The topological polar surface area (TPSA) is 63.0 Å². The lowest BCUT2D eigenvalue weighted by Crippen LogP contribution is -2.24. The van der Waals surface area contributed by atoms with Crippen LogP contribution in [0, 0.1) is 0 Å². The zero-order valence-electron chi connectivity index (χ0n) is 8.63.